The number of halogens is 4. The normalized spacial score (nSPS) is 15.9. The van der Waals surface area contributed by atoms with Crippen LogP contribution in [-0.4, -0.2) is 31.7 Å². The van der Waals surface area contributed by atoms with Crippen LogP contribution in [0.2, 0.25) is 0 Å². The molecule has 0 saturated heterocycles. The van der Waals surface area contributed by atoms with E-state index >= 15 is 0 Å². The Labute approximate surface area is 201 Å². The van der Waals surface area contributed by atoms with Crippen molar-refractivity contribution in [1.82, 2.24) is 10.3 Å². The molecular formula is C23H27F4N3O4S. The summed E-state index contributed by atoms with van der Waals surface area (Å²) in [5.41, 5.74) is -0.736. The Kier molecular flexibility index (Phi) is 8.24. The highest BCUT2D eigenvalue weighted by atomic mass is 32.2. The summed E-state index contributed by atoms with van der Waals surface area (Å²) in [6, 6.07) is 5.74. The number of hydrogen-bond donors (Lipinski definition) is 2. The van der Waals surface area contributed by atoms with Crippen molar-refractivity contribution in [3.05, 3.63) is 53.0 Å². The van der Waals surface area contributed by atoms with Crippen molar-refractivity contribution in [2.45, 2.75) is 63.8 Å². The maximum Gasteiger partial charge on any atom is 0.433 e. The molecule has 1 unspecified atom stereocenters. The lowest BCUT2D eigenvalue weighted by molar-refractivity contribution is -0.141. The lowest BCUT2D eigenvalue weighted by Gasteiger charge is -2.24. The number of rotatable bonds is 8. The van der Waals surface area contributed by atoms with Crippen molar-refractivity contribution in [3.63, 3.8) is 0 Å². The number of nitrogens with zero attached hydrogens (tertiary/aromatic N) is 1. The van der Waals surface area contributed by atoms with Crippen LogP contribution < -0.4 is 14.8 Å². The molecular weight excluding hydrogens is 490 g/mol. The first-order valence-electron chi connectivity index (χ1n) is 11.1. The Balaban J connectivity index is 1.72. The molecule has 0 aliphatic heterocycles. The molecule has 1 heterocycles. The molecule has 192 valence electrons. The molecule has 1 aromatic carbocycles. The second kappa shape index (κ2) is 10.8. The van der Waals surface area contributed by atoms with E-state index in [1.165, 1.54) is 25.1 Å². The molecule has 3 rings (SSSR count). The monoisotopic (exact) mass is 517 g/mol. The Morgan fingerprint density at radius 2 is 1.86 bits per heavy atom. The molecule has 12 heteroatoms. The van der Waals surface area contributed by atoms with E-state index in [2.05, 4.69) is 10.3 Å². The third-order valence-corrected chi connectivity index (χ3v) is 6.29. The van der Waals surface area contributed by atoms with Gasteiger partial charge >= 0.3 is 6.18 Å². The van der Waals surface area contributed by atoms with Crippen molar-refractivity contribution >= 4 is 21.6 Å². The number of alkyl halides is 3. The lowest BCUT2D eigenvalue weighted by atomic mass is 9.98. The van der Waals surface area contributed by atoms with Gasteiger partial charge in [-0.1, -0.05) is 12.5 Å². The maximum atomic E-state index is 14.3. The molecule has 1 aromatic heterocycles. The minimum atomic E-state index is -4.64. The summed E-state index contributed by atoms with van der Waals surface area (Å²) in [7, 11) is -3.67. The predicted molar refractivity (Wildman–Crippen MR) is 122 cm³/mol. The van der Waals surface area contributed by atoms with Crippen molar-refractivity contribution in [3.8, 4) is 5.88 Å². The van der Waals surface area contributed by atoms with Gasteiger partial charge in [-0.25, -0.2) is 17.8 Å². The van der Waals surface area contributed by atoms with Crippen LogP contribution in [0.5, 0.6) is 5.88 Å². The molecule has 1 amide bonds. The molecule has 1 aliphatic carbocycles. The number of carbonyl (C=O) groups excluding carboxylic acids is 1. The van der Waals surface area contributed by atoms with Crippen LogP contribution in [0.15, 0.2) is 30.3 Å². The number of aromatic nitrogens is 1. The molecule has 1 atom stereocenters. The molecule has 0 bridgehead atoms. The van der Waals surface area contributed by atoms with Gasteiger partial charge in [-0.05, 0) is 62.4 Å². The van der Waals surface area contributed by atoms with Crippen LogP contribution in [0.4, 0.5) is 23.2 Å². The van der Waals surface area contributed by atoms with Crippen LogP contribution in [0.3, 0.4) is 0 Å². The first-order chi connectivity index (χ1) is 16.3. The van der Waals surface area contributed by atoms with Gasteiger partial charge in [0.2, 0.25) is 21.8 Å². The van der Waals surface area contributed by atoms with E-state index in [4.69, 9.17) is 4.74 Å². The summed E-state index contributed by atoms with van der Waals surface area (Å²) in [6.45, 7) is 1.39. The second-order valence-electron chi connectivity index (χ2n) is 8.59. The first kappa shape index (κ1) is 26.7. The minimum absolute atomic E-state index is 0.132. The summed E-state index contributed by atoms with van der Waals surface area (Å²) < 4.78 is 84.3. The average Bonchev–Trinajstić information content (AvgIpc) is 2.78. The van der Waals surface area contributed by atoms with Crippen molar-refractivity contribution in [2.24, 2.45) is 0 Å². The van der Waals surface area contributed by atoms with Gasteiger partial charge < -0.3 is 10.1 Å². The molecule has 1 aliphatic rings. The zero-order valence-corrected chi connectivity index (χ0v) is 20.1. The standard InChI is InChI=1S/C23H27F4N3O4S/c1-14(15-8-10-19(18(24)12-15)30-35(2,32)33)21(31)28-13-16-9-11-20(23(25,26)27)29-22(16)34-17-6-4-3-5-7-17/h8-12,14,17,30H,3-7,13H2,1-2H3,(H,28,31). The minimum Gasteiger partial charge on any atom is -0.474 e. The van der Waals surface area contributed by atoms with Gasteiger partial charge in [0.25, 0.3) is 0 Å². The first-order valence-corrected chi connectivity index (χ1v) is 13.0. The van der Waals surface area contributed by atoms with E-state index in [9.17, 15) is 30.8 Å². The predicted octanol–water partition coefficient (Wildman–Crippen LogP) is 4.74. The lowest BCUT2D eigenvalue weighted by Crippen LogP contribution is -2.29. The molecule has 7 nitrogen and oxygen atoms in total. The van der Waals surface area contributed by atoms with Crippen molar-refractivity contribution in [2.75, 3.05) is 11.0 Å². The van der Waals surface area contributed by atoms with E-state index in [-0.39, 0.29) is 24.2 Å². The molecule has 2 N–H and O–H groups in total. The Hall–Kier alpha value is -2.89. The van der Waals surface area contributed by atoms with E-state index in [1.54, 1.807) is 0 Å². The topological polar surface area (TPSA) is 97.4 Å². The molecule has 2 aromatic rings. The number of ether oxygens (including phenoxy) is 1. The van der Waals surface area contributed by atoms with Crippen molar-refractivity contribution < 1.29 is 35.5 Å². The summed E-state index contributed by atoms with van der Waals surface area (Å²) >= 11 is 0. The third kappa shape index (κ3) is 7.55. The van der Waals surface area contributed by atoms with Gasteiger partial charge in [0.15, 0.2) is 0 Å². The molecule has 35 heavy (non-hydrogen) atoms. The summed E-state index contributed by atoms with van der Waals surface area (Å²) in [5, 5.41) is 2.63. The molecule has 1 fully saturated rings. The number of amides is 1. The van der Waals surface area contributed by atoms with Gasteiger partial charge in [0.1, 0.15) is 17.6 Å². The zero-order chi connectivity index (χ0) is 25.8. The van der Waals surface area contributed by atoms with Crippen LogP contribution >= 0.6 is 0 Å². The number of benzene rings is 1. The fourth-order valence-electron chi connectivity index (χ4n) is 3.77. The maximum absolute atomic E-state index is 14.3. The van der Waals surface area contributed by atoms with E-state index < -0.39 is 39.5 Å². The zero-order valence-electron chi connectivity index (χ0n) is 19.3. The molecule has 1 saturated carbocycles. The van der Waals surface area contributed by atoms with Gasteiger partial charge in [-0.2, -0.15) is 13.2 Å². The van der Waals surface area contributed by atoms with Crippen LogP contribution in [0, 0.1) is 5.82 Å². The summed E-state index contributed by atoms with van der Waals surface area (Å²) in [5.74, 6) is -2.33. The van der Waals surface area contributed by atoms with Crippen molar-refractivity contribution in [1.29, 1.82) is 0 Å². The van der Waals surface area contributed by atoms with Gasteiger partial charge in [-0.3, -0.25) is 9.52 Å². The number of nitrogens with one attached hydrogen (secondary N) is 2. The number of anilines is 1. The Morgan fingerprint density at radius 3 is 2.46 bits per heavy atom. The fourth-order valence-corrected chi connectivity index (χ4v) is 4.34. The van der Waals surface area contributed by atoms with Crippen LogP contribution in [0.25, 0.3) is 0 Å². The number of carbonyl (C=O) groups is 1. The molecule has 0 spiro atoms. The highest BCUT2D eigenvalue weighted by Crippen LogP contribution is 2.32. The smallest absolute Gasteiger partial charge is 0.433 e. The SMILES string of the molecule is CC(C(=O)NCc1ccc(C(F)(F)F)nc1OC1CCCCC1)c1ccc(NS(C)(=O)=O)c(F)c1. The highest BCUT2D eigenvalue weighted by Gasteiger charge is 2.34. The Bertz CT molecular complexity index is 1170. The Morgan fingerprint density at radius 1 is 1.17 bits per heavy atom. The third-order valence-electron chi connectivity index (χ3n) is 5.69. The van der Waals surface area contributed by atoms with Crippen LogP contribution in [-0.2, 0) is 27.5 Å². The molecule has 0 radical (unpaired) electrons. The second-order valence-corrected chi connectivity index (χ2v) is 10.3. The van der Waals surface area contributed by atoms with Gasteiger partial charge in [0.05, 0.1) is 17.9 Å². The largest absolute Gasteiger partial charge is 0.474 e. The van der Waals surface area contributed by atoms with Crippen LogP contribution in [0.1, 0.15) is 61.8 Å². The number of hydrogen-bond acceptors (Lipinski definition) is 5. The highest BCUT2D eigenvalue weighted by molar-refractivity contribution is 7.92. The van der Waals surface area contributed by atoms with E-state index in [0.29, 0.717) is 11.1 Å². The van der Waals surface area contributed by atoms with E-state index in [0.717, 1.165) is 50.5 Å². The van der Waals surface area contributed by atoms with Gasteiger partial charge in [-0.15, -0.1) is 0 Å². The number of sulfonamides is 1. The fraction of sp³-hybridized carbons (Fsp3) is 0.478. The summed E-state index contributed by atoms with van der Waals surface area (Å²) in [6.07, 6.45) is 0.331. The quantitative estimate of drug-likeness (QED) is 0.493. The van der Waals surface area contributed by atoms with E-state index in [1.807, 2.05) is 4.72 Å². The average molecular weight is 518 g/mol. The summed E-state index contributed by atoms with van der Waals surface area (Å²) in [4.78, 5) is 16.3. The van der Waals surface area contributed by atoms with Gasteiger partial charge in [0, 0.05) is 12.1 Å². The number of pyridine rings is 1.